The molecule has 15 heavy (non-hydrogen) atoms. The molecule has 80 valence electrons. The quantitative estimate of drug-likeness (QED) is 0.731. The van der Waals surface area contributed by atoms with Crippen LogP contribution in [0.5, 0.6) is 0 Å². The molecule has 2 atom stereocenters. The Morgan fingerprint density at radius 1 is 1.33 bits per heavy atom. The Kier molecular flexibility index (Phi) is 2.92. The van der Waals surface area contributed by atoms with E-state index in [1.807, 2.05) is 19.1 Å². The lowest BCUT2D eigenvalue weighted by Gasteiger charge is -2.27. The zero-order valence-electron chi connectivity index (χ0n) is 9.19. The summed E-state index contributed by atoms with van der Waals surface area (Å²) in [4.78, 5) is 0. The van der Waals surface area contributed by atoms with Crippen molar-refractivity contribution in [3.63, 3.8) is 0 Å². The van der Waals surface area contributed by atoms with Gasteiger partial charge in [0.15, 0.2) is 0 Å². The van der Waals surface area contributed by atoms with Crippen LogP contribution in [0.3, 0.4) is 0 Å². The second kappa shape index (κ2) is 4.19. The van der Waals surface area contributed by atoms with Crippen molar-refractivity contribution in [3.05, 3.63) is 48.0 Å². The summed E-state index contributed by atoms with van der Waals surface area (Å²) in [7, 11) is 0. The summed E-state index contributed by atoms with van der Waals surface area (Å²) in [5.41, 5.74) is 0.807. The van der Waals surface area contributed by atoms with Gasteiger partial charge in [0, 0.05) is 0 Å². The van der Waals surface area contributed by atoms with E-state index in [9.17, 15) is 5.11 Å². The molecule has 0 spiro atoms. The predicted molar refractivity (Wildman–Crippen MR) is 62.6 cm³/mol. The smallest absolute Gasteiger partial charge is 0.0800 e. The average Bonchev–Trinajstić information content (AvgIpc) is 2.23. The number of aliphatic hydroxyl groups is 1. The summed E-state index contributed by atoms with van der Waals surface area (Å²) in [5.74, 6) is 0.590. The van der Waals surface area contributed by atoms with Crippen molar-refractivity contribution in [2.75, 3.05) is 0 Å². The first-order valence-electron chi connectivity index (χ1n) is 5.61. The lowest BCUT2D eigenvalue weighted by atomic mass is 9.83. The van der Waals surface area contributed by atoms with Gasteiger partial charge in [0.2, 0.25) is 0 Å². The molecule has 0 aromatic heterocycles. The molecule has 0 bridgehead atoms. The van der Waals surface area contributed by atoms with Crippen molar-refractivity contribution in [2.45, 2.75) is 31.8 Å². The lowest BCUT2D eigenvalue weighted by Crippen LogP contribution is -2.26. The van der Waals surface area contributed by atoms with Gasteiger partial charge in [-0.2, -0.15) is 0 Å². The van der Waals surface area contributed by atoms with Gasteiger partial charge in [0.05, 0.1) is 5.60 Å². The first-order chi connectivity index (χ1) is 7.16. The highest BCUT2D eigenvalue weighted by atomic mass is 16.3. The Bertz CT molecular complexity index is 338. The van der Waals surface area contributed by atoms with Gasteiger partial charge in [-0.05, 0) is 37.7 Å². The second-order valence-corrected chi connectivity index (χ2v) is 4.70. The molecule has 2 rings (SSSR count). The van der Waals surface area contributed by atoms with Crippen LogP contribution in [0, 0.1) is 5.92 Å². The summed E-state index contributed by atoms with van der Waals surface area (Å²) in [5, 5.41) is 9.77. The summed E-state index contributed by atoms with van der Waals surface area (Å²) in [6, 6.07) is 10.5. The van der Waals surface area contributed by atoms with Crippen LogP contribution in [-0.2, 0) is 6.42 Å². The Hall–Kier alpha value is -1.08. The minimum Gasteiger partial charge on any atom is -0.386 e. The molecule has 1 aliphatic rings. The minimum absolute atomic E-state index is 0.576. The molecule has 0 radical (unpaired) electrons. The number of benzene rings is 1. The van der Waals surface area contributed by atoms with Crippen LogP contribution in [0.1, 0.15) is 25.3 Å². The molecule has 1 aromatic carbocycles. The Morgan fingerprint density at radius 3 is 2.67 bits per heavy atom. The van der Waals surface area contributed by atoms with Crippen LogP contribution in [-0.4, -0.2) is 10.7 Å². The highest BCUT2D eigenvalue weighted by Gasteiger charge is 2.23. The number of rotatable bonds is 2. The molecule has 0 aliphatic heterocycles. The second-order valence-electron chi connectivity index (χ2n) is 4.70. The molecule has 0 fully saturated rings. The largest absolute Gasteiger partial charge is 0.386 e. The van der Waals surface area contributed by atoms with Gasteiger partial charge in [-0.25, -0.2) is 0 Å². The van der Waals surface area contributed by atoms with E-state index in [0.717, 1.165) is 19.3 Å². The summed E-state index contributed by atoms with van der Waals surface area (Å²) in [6.07, 6.45) is 7.16. The number of allylic oxidation sites excluding steroid dienone is 1. The van der Waals surface area contributed by atoms with Gasteiger partial charge >= 0.3 is 0 Å². The van der Waals surface area contributed by atoms with E-state index in [2.05, 4.69) is 30.3 Å². The maximum Gasteiger partial charge on any atom is 0.0800 e. The van der Waals surface area contributed by atoms with Crippen LogP contribution < -0.4 is 0 Å². The van der Waals surface area contributed by atoms with Crippen LogP contribution in [0.2, 0.25) is 0 Å². The van der Waals surface area contributed by atoms with Crippen LogP contribution in [0.25, 0.3) is 0 Å². The molecule has 1 aromatic rings. The Morgan fingerprint density at radius 2 is 2.07 bits per heavy atom. The number of hydrogen-bond acceptors (Lipinski definition) is 1. The SMILES string of the molecule is C[C@]1(O)C=C[C@H](Cc2ccccc2)CC1. The van der Waals surface area contributed by atoms with E-state index in [1.165, 1.54) is 5.56 Å². The third-order valence-electron chi connectivity index (χ3n) is 3.09. The highest BCUT2D eigenvalue weighted by molar-refractivity contribution is 5.17. The topological polar surface area (TPSA) is 20.2 Å². The van der Waals surface area contributed by atoms with Crippen LogP contribution in [0.15, 0.2) is 42.5 Å². The van der Waals surface area contributed by atoms with Crippen LogP contribution >= 0.6 is 0 Å². The molecule has 0 saturated heterocycles. The Labute approximate surface area is 91.4 Å². The van der Waals surface area contributed by atoms with Crippen molar-refractivity contribution >= 4 is 0 Å². The van der Waals surface area contributed by atoms with Crippen molar-refractivity contribution in [1.82, 2.24) is 0 Å². The lowest BCUT2D eigenvalue weighted by molar-refractivity contribution is 0.0881. The minimum atomic E-state index is -0.576. The van der Waals surface area contributed by atoms with E-state index < -0.39 is 5.60 Å². The fourth-order valence-corrected chi connectivity index (χ4v) is 2.09. The average molecular weight is 202 g/mol. The third kappa shape index (κ3) is 2.93. The van der Waals surface area contributed by atoms with E-state index >= 15 is 0 Å². The van der Waals surface area contributed by atoms with E-state index in [-0.39, 0.29) is 0 Å². The fourth-order valence-electron chi connectivity index (χ4n) is 2.09. The van der Waals surface area contributed by atoms with E-state index in [4.69, 9.17) is 0 Å². The third-order valence-corrected chi connectivity index (χ3v) is 3.09. The maximum absolute atomic E-state index is 9.77. The zero-order valence-corrected chi connectivity index (χ0v) is 9.19. The van der Waals surface area contributed by atoms with Crippen molar-refractivity contribution < 1.29 is 5.11 Å². The standard InChI is InChI=1S/C14H18O/c1-14(15)9-7-13(8-10-14)11-12-5-3-2-4-6-12/h2-7,9,13,15H,8,10-11H2,1H3/t13-,14-/m0/s1. The van der Waals surface area contributed by atoms with Crippen LogP contribution in [0.4, 0.5) is 0 Å². The highest BCUT2D eigenvalue weighted by Crippen LogP contribution is 2.27. The fraction of sp³-hybridized carbons (Fsp3) is 0.429. The number of hydrogen-bond donors (Lipinski definition) is 1. The first kappa shape index (κ1) is 10.4. The first-order valence-corrected chi connectivity index (χ1v) is 5.61. The normalized spacial score (nSPS) is 30.4. The monoisotopic (exact) mass is 202 g/mol. The molecule has 1 N–H and O–H groups in total. The molecule has 0 unspecified atom stereocenters. The van der Waals surface area contributed by atoms with Gasteiger partial charge in [-0.1, -0.05) is 42.5 Å². The van der Waals surface area contributed by atoms with Gasteiger partial charge in [0.25, 0.3) is 0 Å². The van der Waals surface area contributed by atoms with Gasteiger partial charge in [-0.15, -0.1) is 0 Å². The molecule has 1 heteroatoms. The van der Waals surface area contributed by atoms with Gasteiger partial charge < -0.3 is 5.11 Å². The van der Waals surface area contributed by atoms with Crippen molar-refractivity contribution in [2.24, 2.45) is 5.92 Å². The van der Waals surface area contributed by atoms with Gasteiger partial charge in [-0.3, -0.25) is 0 Å². The van der Waals surface area contributed by atoms with Crippen molar-refractivity contribution in [1.29, 1.82) is 0 Å². The summed E-state index contributed by atoms with van der Waals surface area (Å²) in [6.45, 7) is 1.88. The molecule has 0 heterocycles. The predicted octanol–water partition coefficient (Wildman–Crippen LogP) is 2.95. The summed E-state index contributed by atoms with van der Waals surface area (Å²) < 4.78 is 0. The zero-order chi connectivity index (χ0) is 10.7. The van der Waals surface area contributed by atoms with Gasteiger partial charge in [0.1, 0.15) is 0 Å². The van der Waals surface area contributed by atoms with E-state index in [1.54, 1.807) is 0 Å². The molecular weight excluding hydrogens is 184 g/mol. The van der Waals surface area contributed by atoms with E-state index in [0.29, 0.717) is 5.92 Å². The molecular formula is C14H18O. The maximum atomic E-state index is 9.77. The molecule has 0 amide bonds. The summed E-state index contributed by atoms with van der Waals surface area (Å²) >= 11 is 0. The molecule has 0 saturated carbocycles. The van der Waals surface area contributed by atoms with Crippen molar-refractivity contribution in [3.8, 4) is 0 Å². The molecule has 1 aliphatic carbocycles. The molecule has 1 nitrogen and oxygen atoms in total. The Balaban J connectivity index is 1.98.